The molecule has 17 heavy (non-hydrogen) atoms. The molecular formula is C12H13BrN2O2. The van der Waals surface area contributed by atoms with E-state index in [0.717, 1.165) is 16.7 Å². The topological polar surface area (TPSA) is 47.3 Å². The van der Waals surface area contributed by atoms with Crippen molar-refractivity contribution in [3.05, 3.63) is 40.7 Å². The molecule has 2 aromatic rings. The minimum absolute atomic E-state index is 0.254. The fourth-order valence-corrected chi connectivity index (χ4v) is 1.66. The summed E-state index contributed by atoms with van der Waals surface area (Å²) in [7, 11) is 0. The summed E-state index contributed by atoms with van der Waals surface area (Å²) in [6.07, 6.45) is 1.85. The van der Waals surface area contributed by atoms with Gasteiger partial charge in [-0.1, -0.05) is 19.1 Å². The van der Waals surface area contributed by atoms with E-state index in [2.05, 4.69) is 26.2 Å². The molecule has 0 atom stereocenters. The minimum Gasteiger partial charge on any atom is -0.417 e. The third-order valence-electron chi connectivity index (χ3n) is 2.12. The summed E-state index contributed by atoms with van der Waals surface area (Å²) >= 11 is 3.40. The Bertz CT molecular complexity index is 485. The van der Waals surface area contributed by atoms with Crippen LogP contribution in [-0.2, 0) is 6.54 Å². The van der Waals surface area contributed by atoms with Crippen LogP contribution in [0.15, 0.2) is 39.4 Å². The van der Waals surface area contributed by atoms with Gasteiger partial charge in [0.1, 0.15) is 12.0 Å². The summed E-state index contributed by atoms with van der Waals surface area (Å²) in [6, 6.07) is 7.56. The van der Waals surface area contributed by atoms with Gasteiger partial charge in [-0.3, -0.25) is 0 Å². The van der Waals surface area contributed by atoms with Crippen LogP contribution in [0.3, 0.4) is 0 Å². The van der Waals surface area contributed by atoms with E-state index in [1.54, 1.807) is 6.26 Å². The Labute approximate surface area is 108 Å². The molecule has 0 bridgehead atoms. The molecular weight excluding hydrogens is 284 g/mol. The number of oxazole rings is 1. The first-order valence-corrected chi connectivity index (χ1v) is 6.16. The number of nitrogens with zero attached hydrogens (tertiary/aromatic N) is 1. The number of hydrogen-bond acceptors (Lipinski definition) is 4. The van der Waals surface area contributed by atoms with Gasteiger partial charge in [0, 0.05) is 6.54 Å². The van der Waals surface area contributed by atoms with Crippen molar-refractivity contribution in [2.24, 2.45) is 0 Å². The second kappa shape index (κ2) is 5.84. The number of nitrogens with one attached hydrogen (secondary N) is 1. The zero-order valence-electron chi connectivity index (χ0n) is 9.44. The van der Waals surface area contributed by atoms with Gasteiger partial charge >= 0.3 is 6.08 Å². The van der Waals surface area contributed by atoms with Crippen LogP contribution in [0.1, 0.15) is 12.6 Å². The molecule has 0 aliphatic carbocycles. The summed E-state index contributed by atoms with van der Waals surface area (Å²) in [4.78, 5) is 4.21. The molecule has 1 N–H and O–H groups in total. The molecule has 1 aromatic carbocycles. The number of rotatable bonds is 5. The summed E-state index contributed by atoms with van der Waals surface area (Å²) in [6.45, 7) is 3.62. The van der Waals surface area contributed by atoms with Crippen LogP contribution in [0, 0.1) is 0 Å². The Kier molecular flexibility index (Phi) is 4.17. The quantitative estimate of drug-likeness (QED) is 0.919. The molecule has 1 aromatic heterocycles. The van der Waals surface area contributed by atoms with Gasteiger partial charge < -0.3 is 14.5 Å². The van der Waals surface area contributed by atoms with Crippen LogP contribution in [0.5, 0.6) is 11.8 Å². The lowest BCUT2D eigenvalue weighted by Gasteiger charge is -2.01. The van der Waals surface area contributed by atoms with Crippen molar-refractivity contribution in [3.8, 4) is 11.8 Å². The van der Waals surface area contributed by atoms with Crippen LogP contribution in [0.4, 0.5) is 0 Å². The lowest BCUT2D eigenvalue weighted by Crippen LogP contribution is -2.11. The van der Waals surface area contributed by atoms with Crippen LogP contribution in [-0.4, -0.2) is 11.5 Å². The zero-order chi connectivity index (χ0) is 12.1. The van der Waals surface area contributed by atoms with Gasteiger partial charge in [-0.15, -0.1) is 0 Å². The lowest BCUT2D eigenvalue weighted by atomic mass is 10.3. The molecule has 0 unspecified atom stereocenters. The minimum atomic E-state index is 0.254. The maximum Gasteiger partial charge on any atom is 0.399 e. The van der Waals surface area contributed by atoms with E-state index in [4.69, 9.17) is 9.15 Å². The Balaban J connectivity index is 2.04. The van der Waals surface area contributed by atoms with E-state index >= 15 is 0 Å². The SMILES string of the molecule is CCNCc1coc(Oc2ccccc2Br)n1. The number of hydrogen-bond donors (Lipinski definition) is 1. The molecule has 0 radical (unpaired) electrons. The third-order valence-corrected chi connectivity index (χ3v) is 2.78. The first-order valence-electron chi connectivity index (χ1n) is 5.37. The second-order valence-electron chi connectivity index (χ2n) is 3.42. The van der Waals surface area contributed by atoms with E-state index in [-0.39, 0.29) is 6.08 Å². The van der Waals surface area contributed by atoms with Crippen LogP contribution in [0.2, 0.25) is 0 Å². The van der Waals surface area contributed by atoms with E-state index < -0.39 is 0 Å². The number of ether oxygens (including phenoxy) is 1. The van der Waals surface area contributed by atoms with Crippen LogP contribution in [0.25, 0.3) is 0 Å². The molecule has 0 saturated carbocycles. The standard InChI is InChI=1S/C12H13BrN2O2/c1-2-14-7-9-8-16-12(15-9)17-11-6-4-3-5-10(11)13/h3-6,8,14H,2,7H2,1H3. The van der Waals surface area contributed by atoms with Crippen molar-refractivity contribution in [1.29, 1.82) is 0 Å². The summed E-state index contributed by atoms with van der Waals surface area (Å²) < 4.78 is 11.6. The van der Waals surface area contributed by atoms with Crippen LogP contribution < -0.4 is 10.1 Å². The molecule has 0 aliphatic heterocycles. The average Bonchev–Trinajstić information content (AvgIpc) is 2.77. The van der Waals surface area contributed by atoms with Crippen molar-refractivity contribution < 1.29 is 9.15 Å². The molecule has 4 nitrogen and oxygen atoms in total. The van der Waals surface area contributed by atoms with E-state index in [9.17, 15) is 0 Å². The fourth-order valence-electron chi connectivity index (χ4n) is 1.29. The molecule has 90 valence electrons. The number of para-hydroxylation sites is 1. The summed E-state index contributed by atoms with van der Waals surface area (Å²) in [5, 5.41) is 3.17. The Morgan fingerprint density at radius 2 is 2.24 bits per heavy atom. The van der Waals surface area contributed by atoms with Gasteiger partial charge in [-0.2, -0.15) is 4.98 Å². The van der Waals surface area contributed by atoms with Gasteiger partial charge in [0.25, 0.3) is 0 Å². The maximum absolute atomic E-state index is 5.52. The maximum atomic E-state index is 5.52. The predicted molar refractivity (Wildman–Crippen MR) is 68.1 cm³/mol. The first kappa shape index (κ1) is 12.1. The second-order valence-corrected chi connectivity index (χ2v) is 4.27. The smallest absolute Gasteiger partial charge is 0.399 e. The zero-order valence-corrected chi connectivity index (χ0v) is 11.0. The molecule has 2 rings (SSSR count). The highest BCUT2D eigenvalue weighted by atomic mass is 79.9. The lowest BCUT2D eigenvalue weighted by molar-refractivity contribution is 0.329. The molecule has 5 heteroatoms. The molecule has 0 spiro atoms. The van der Waals surface area contributed by atoms with Crippen molar-refractivity contribution in [2.75, 3.05) is 6.54 Å². The monoisotopic (exact) mass is 296 g/mol. The molecule has 0 aliphatic rings. The molecule has 0 fully saturated rings. The third kappa shape index (κ3) is 3.31. The number of halogens is 1. The van der Waals surface area contributed by atoms with E-state index in [1.165, 1.54) is 0 Å². The normalized spacial score (nSPS) is 10.5. The highest BCUT2D eigenvalue weighted by Gasteiger charge is 2.07. The average molecular weight is 297 g/mol. The molecule has 0 amide bonds. The fraction of sp³-hybridized carbons (Fsp3) is 0.250. The first-order chi connectivity index (χ1) is 8.29. The Morgan fingerprint density at radius 3 is 3.00 bits per heavy atom. The van der Waals surface area contributed by atoms with Gasteiger partial charge in [0.15, 0.2) is 0 Å². The molecule has 0 saturated heterocycles. The van der Waals surface area contributed by atoms with E-state index in [1.807, 2.05) is 31.2 Å². The van der Waals surface area contributed by atoms with Gasteiger partial charge in [-0.05, 0) is 34.6 Å². The summed E-state index contributed by atoms with van der Waals surface area (Å²) in [5.41, 5.74) is 0.828. The van der Waals surface area contributed by atoms with Crippen LogP contribution >= 0.6 is 15.9 Å². The van der Waals surface area contributed by atoms with Crippen molar-refractivity contribution in [2.45, 2.75) is 13.5 Å². The van der Waals surface area contributed by atoms with Crippen molar-refractivity contribution >= 4 is 15.9 Å². The van der Waals surface area contributed by atoms with Crippen molar-refractivity contribution in [3.63, 3.8) is 0 Å². The largest absolute Gasteiger partial charge is 0.417 e. The van der Waals surface area contributed by atoms with Gasteiger partial charge in [-0.25, -0.2) is 0 Å². The molecule has 1 heterocycles. The van der Waals surface area contributed by atoms with Crippen molar-refractivity contribution in [1.82, 2.24) is 10.3 Å². The Morgan fingerprint density at radius 1 is 1.41 bits per heavy atom. The highest BCUT2D eigenvalue weighted by Crippen LogP contribution is 2.28. The van der Waals surface area contributed by atoms with E-state index in [0.29, 0.717) is 12.3 Å². The predicted octanol–water partition coefficient (Wildman–Crippen LogP) is 3.34. The Hall–Kier alpha value is -1.33. The van der Waals surface area contributed by atoms with Gasteiger partial charge in [0.2, 0.25) is 0 Å². The number of aromatic nitrogens is 1. The number of benzene rings is 1. The summed E-state index contributed by atoms with van der Waals surface area (Å²) in [5.74, 6) is 0.685. The van der Waals surface area contributed by atoms with Gasteiger partial charge in [0.05, 0.1) is 10.2 Å². The highest BCUT2D eigenvalue weighted by molar-refractivity contribution is 9.10.